The van der Waals surface area contributed by atoms with Crippen LogP contribution in [0.3, 0.4) is 0 Å². The number of aromatic nitrogens is 2. The predicted octanol–water partition coefficient (Wildman–Crippen LogP) is 2.46. The number of alkyl halides is 3. The summed E-state index contributed by atoms with van der Waals surface area (Å²) in [5, 5.41) is 9.35. The number of hydrogen-bond donors (Lipinski definition) is 2. The van der Waals surface area contributed by atoms with Crippen molar-refractivity contribution in [2.24, 2.45) is 0 Å². The third-order valence-corrected chi connectivity index (χ3v) is 3.93. The molecule has 1 aromatic carbocycles. The zero-order valence-electron chi connectivity index (χ0n) is 12.9. The van der Waals surface area contributed by atoms with Gasteiger partial charge in [-0.05, 0) is 12.1 Å². The molecule has 13 heteroatoms. The fraction of sp³-hybridized carbons (Fsp3) is 0.154. The summed E-state index contributed by atoms with van der Waals surface area (Å²) < 4.78 is 65.1. The van der Waals surface area contributed by atoms with E-state index in [1.807, 2.05) is 0 Å². The van der Waals surface area contributed by atoms with Crippen molar-refractivity contribution in [2.75, 3.05) is 16.3 Å². The minimum atomic E-state index is -4.86. The second-order valence-corrected chi connectivity index (χ2v) is 7.42. The summed E-state index contributed by atoms with van der Waals surface area (Å²) in [6, 6.07) is 5.29. The summed E-state index contributed by atoms with van der Waals surface area (Å²) in [7, 11) is -3.53. The normalized spacial score (nSPS) is 12.2. The lowest BCUT2D eigenvalue weighted by molar-refractivity contribution is -0.274. The lowest BCUT2D eigenvalue weighted by Crippen LogP contribution is -2.17. The highest BCUT2D eigenvalue weighted by atomic mass is 32.2. The first-order chi connectivity index (χ1) is 12.0. The summed E-state index contributed by atoms with van der Waals surface area (Å²) in [5.41, 5.74) is 0.0386. The second kappa shape index (κ2) is 7.70. The molecule has 1 heterocycles. The van der Waals surface area contributed by atoms with Gasteiger partial charge < -0.3 is 4.74 Å². The molecule has 0 saturated heterocycles. The Hall–Kier alpha value is -2.67. The van der Waals surface area contributed by atoms with Gasteiger partial charge in [-0.1, -0.05) is 29.5 Å². The lowest BCUT2D eigenvalue weighted by atomic mass is 10.2. The van der Waals surface area contributed by atoms with Gasteiger partial charge in [-0.3, -0.25) is 14.8 Å². The molecule has 140 valence electrons. The van der Waals surface area contributed by atoms with Gasteiger partial charge in [0.25, 0.3) is 0 Å². The smallest absolute Gasteiger partial charge is 0.405 e. The van der Waals surface area contributed by atoms with Crippen LogP contribution in [-0.2, 0) is 14.8 Å². The summed E-state index contributed by atoms with van der Waals surface area (Å²) in [6.45, 7) is 0. The first kappa shape index (κ1) is 19.7. The van der Waals surface area contributed by atoms with Crippen LogP contribution in [0.25, 0.3) is 6.08 Å². The van der Waals surface area contributed by atoms with Crippen LogP contribution in [0.15, 0.2) is 30.3 Å². The van der Waals surface area contributed by atoms with E-state index in [-0.39, 0.29) is 15.8 Å². The third-order valence-electron chi connectivity index (χ3n) is 2.49. The molecule has 2 aromatic rings. The quantitative estimate of drug-likeness (QED) is 0.711. The molecule has 26 heavy (non-hydrogen) atoms. The van der Waals surface area contributed by atoms with Gasteiger partial charge in [0.15, 0.2) is 0 Å². The highest BCUT2D eigenvalue weighted by molar-refractivity contribution is 7.92. The van der Waals surface area contributed by atoms with E-state index in [0.29, 0.717) is 0 Å². The van der Waals surface area contributed by atoms with Gasteiger partial charge in [0, 0.05) is 11.6 Å². The van der Waals surface area contributed by atoms with Gasteiger partial charge in [-0.25, -0.2) is 8.42 Å². The van der Waals surface area contributed by atoms with E-state index in [1.54, 1.807) is 0 Å². The highest BCUT2D eigenvalue weighted by Crippen LogP contribution is 2.27. The highest BCUT2D eigenvalue weighted by Gasteiger charge is 2.31. The van der Waals surface area contributed by atoms with E-state index in [1.165, 1.54) is 18.2 Å². The summed E-state index contributed by atoms with van der Waals surface area (Å²) in [5.74, 6) is -1.16. The molecule has 8 nitrogen and oxygen atoms in total. The molecule has 0 radical (unpaired) electrons. The van der Waals surface area contributed by atoms with Gasteiger partial charge in [-0.2, -0.15) is 0 Å². The fourth-order valence-corrected chi connectivity index (χ4v) is 3.10. The Morgan fingerprint density at radius 1 is 1.23 bits per heavy atom. The molecule has 1 amide bonds. The number of anilines is 2. The van der Waals surface area contributed by atoms with Crippen LogP contribution in [0.1, 0.15) is 5.56 Å². The summed E-state index contributed by atoms with van der Waals surface area (Å²) in [6.07, 6.45) is -1.83. The largest absolute Gasteiger partial charge is 0.573 e. The molecule has 0 unspecified atom stereocenters. The number of para-hydroxylation sites is 1. The van der Waals surface area contributed by atoms with Crippen molar-refractivity contribution in [1.29, 1.82) is 0 Å². The minimum absolute atomic E-state index is 0.00521. The summed E-state index contributed by atoms with van der Waals surface area (Å²) >= 11 is 0.769. The molecule has 0 saturated carbocycles. The van der Waals surface area contributed by atoms with Crippen LogP contribution >= 0.6 is 11.3 Å². The van der Waals surface area contributed by atoms with Gasteiger partial charge >= 0.3 is 6.36 Å². The number of halogens is 3. The zero-order valence-corrected chi connectivity index (χ0v) is 14.6. The molecule has 0 spiro atoms. The van der Waals surface area contributed by atoms with Crippen molar-refractivity contribution >= 4 is 43.6 Å². The number of amides is 1. The maximum Gasteiger partial charge on any atom is 0.573 e. The fourth-order valence-electron chi connectivity index (χ4n) is 1.62. The number of benzene rings is 1. The first-order valence-corrected chi connectivity index (χ1v) is 9.38. The Labute approximate surface area is 149 Å². The van der Waals surface area contributed by atoms with E-state index in [4.69, 9.17) is 0 Å². The van der Waals surface area contributed by atoms with E-state index < -0.39 is 28.0 Å². The zero-order chi connectivity index (χ0) is 19.4. The number of hydrogen-bond acceptors (Lipinski definition) is 7. The van der Waals surface area contributed by atoms with E-state index >= 15 is 0 Å². The molecular weight excluding hydrogens is 397 g/mol. The Kier molecular flexibility index (Phi) is 5.82. The molecule has 0 aliphatic heterocycles. The monoisotopic (exact) mass is 408 g/mol. The SMILES string of the molecule is CS(=O)(=O)Nc1nnc(NC(=O)C=Cc2ccccc2OC(F)(F)F)s1. The maximum atomic E-state index is 12.3. The van der Waals surface area contributed by atoms with Crippen LogP contribution in [0, 0.1) is 0 Å². The molecule has 2 rings (SSSR count). The van der Waals surface area contributed by atoms with Crippen LogP contribution in [-0.4, -0.2) is 37.1 Å². The van der Waals surface area contributed by atoms with Crippen molar-refractivity contribution in [2.45, 2.75) is 6.36 Å². The average molecular weight is 408 g/mol. The number of sulfonamides is 1. The number of nitrogens with zero attached hydrogens (tertiary/aromatic N) is 2. The molecule has 0 bridgehead atoms. The van der Waals surface area contributed by atoms with Gasteiger partial charge in [-0.15, -0.1) is 23.4 Å². The topological polar surface area (TPSA) is 110 Å². The van der Waals surface area contributed by atoms with Crippen LogP contribution in [0.4, 0.5) is 23.4 Å². The Morgan fingerprint density at radius 2 is 1.88 bits per heavy atom. The standard InChI is InChI=1S/C13H11F3N4O4S2/c1-26(22,23)20-12-19-18-11(25-12)17-10(21)7-6-8-4-2-3-5-9(8)24-13(14,15)16/h2-7H,1H3,(H,19,20)(H,17,18,21). The molecule has 0 aliphatic rings. The van der Waals surface area contributed by atoms with Gasteiger partial charge in [0.1, 0.15) is 5.75 Å². The summed E-state index contributed by atoms with van der Waals surface area (Å²) in [4.78, 5) is 11.8. The van der Waals surface area contributed by atoms with E-state index in [2.05, 4.69) is 25.0 Å². The third kappa shape index (κ3) is 6.68. The van der Waals surface area contributed by atoms with Gasteiger partial charge in [0.2, 0.25) is 26.2 Å². The Balaban J connectivity index is 2.04. The van der Waals surface area contributed by atoms with Crippen molar-refractivity contribution in [1.82, 2.24) is 10.2 Å². The molecule has 0 fully saturated rings. The van der Waals surface area contributed by atoms with Crippen LogP contribution in [0.5, 0.6) is 5.75 Å². The molecule has 0 aliphatic carbocycles. The van der Waals surface area contributed by atoms with Crippen molar-refractivity contribution in [3.63, 3.8) is 0 Å². The number of rotatable bonds is 6. The van der Waals surface area contributed by atoms with Gasteiger partial charge in [0.05, 0.1) is 6.26 Å². The van der Waals surface area contributed by atoms with Crippen LogP contribution < -0.4 is 14.8 Å². The number of nitrogens with one attached hydrogen (secondary N) is 2. The second-order valence-electron chi connectivity index (χ2n) is 4.69. The minimum Gasteiger partial charge on any atom is -0.405 e. The number of carbonyl (C=O) groups is 1. The maximum absolute atomic E-state index is 12.3. The van der Waals surface area contributed by atoms with Crippen LogP contribution in [0.2, 0.25) is 0 Å². The van der Waals surface area contributed by atoms with Crippen molar-refractivity contribution in [3.8, 4) is 5.75 Å². The lowest BCUT2D eigenvalue weighted by Gasteiger charge is -2.10. The molecule has 0 atom stereocenters. The Morgan fingerprint density at radius 3 is 2.54 bits per heavy atom. The molecular formula is C13H11F3N4O4S2. The van der Waals surface area contributed by atoms with E-state index in [0.717, 1.165) is 35.8 Å². The Bertz CT molecular complexity index is 925. The van der Waals surface area contributed by atoms with E-state index in [9.17, 15) is 26.4 Å². The number of carbonyl (C=O) groups excluding carboxylic acids is 1. The first-order valence-electron chi connectivity index (χ1n) is 6.67. The van der Waals surface area contributed by atoms with Crippen molar-refractivity contribution in [3.05, 3.63) is 35.9 Å². The average Bonchev–Trinajstić information content (AvgIpc) is 2.89. The predicted molar refractivity (Wildman–Crippen MR) is 89.2 cm³/mol. The number of ether oxygens (including phenoxy) is 1. The molecule has 1 aromatic heterocycles. The molecule has 2 N–H and O–H groups in total. The van der Waals surface area contributed by atoms with Crippen molar-refractivity contribution < 1.29 is 31.1 Å².